The molecule has 1 aliphatic heterocycles. The lowest BCUT2D eigenvalue weighted by Gasteiger charge is -2.03. The Morgan fingerprint density at radius 1 is 1.56 bits per heavy atom. The van der Waals surface area contributed by atoms with Gasteiger partial charge in [0, 0.05) is 5.88 Å². The number of hydrogen-bond donors (Lipinski definition) is 1. The number of hydrogen-bond acceptors (Lipinski definition) is 1. The maximum atomic E-state index is 5.56. The molecule has 1 unspecified atom stereocenters. The fourth-order valence-electron chi connectivity index (χ4n) is 1.33. The van der Waals surface area contributed by atoms with E-state index in [1.165, 1.54) is 32.4 Å². The zero-order valence-electron chi connectivity index (χ0n) is 5.70. The molecule has 0 aromatic rings. The maximum absolute atomic E-state index is 5.56. The molecule has 1 heterocycles. The van der Waals surface area contributed by atoms with Gasteiger partial charge in [-0.3, -0.25) is 0 Å². The Kier molecular flexibility index (Phi) is 3.37. The predicted molar refractivity (Wildman–Crippen MR) is 40.9 cm³/mol. The summed E-state index contributed by atoms with van der Waals surface area (Å²) in [4.78, 5) is 0. The van der Waals surface area contributed by atoms with Crippen molar-refractivity contribution in [2.24, 2.45) is 5.92 Å². The standard InChI is InChI=1S/C7H14ClN/c8-4-1-2-7-3-5-9-6-7/h7,9H,1-6H2. The van der Waals surface area contributed by atoms with E-state index in [1.807, 2.05) is 0 Å². The number of rotatable bonds is 3. The minimum absolute atomic E-state index is 0.830. The Bertz CT molecular complexity index is 69.3. The van der Waals surface area contributed by atoms with Crippen molar-refractivity contribution in [2.75, 3.05) is 19.0 Å². The van der Waals surface area contributed by atoms with E-state index in [2.05, 4.69) is 5.32 Å². The van der Waals surface area contributed by atoms with Crippen molar-refractivity contribution < 1.29 is 0 Å². The monoisotopic (exact) mass is 147 g/mol. The van der Waals surface area contributed by atoms with Crippen molar-refractivity contribution in [3.63, 3.8) is 0 Å². The number of alkyl halides is 1. The zero-order chi connectivity index (χ0) is 6.53. The Morgan fingerprint density at radius 2 is 2.44 bits per heavy atom. The molecule has 0 saturated carbocycles. The SMILES string of the molecule is ClCCCC1CCNC1. The lowest BCUT2D eigenvalue weighted by molar-refractivity contribution is 0.526. The third-order valence-electron chi connectivity index (χ3n) is 1.91. The first-order valence-electron chi connectivity index (χ1n) is 3.70. The summed E-state index contributed by atoms with van der Waals surface area (Å²) in [5.41, 5.74) is 0. The van der Waals surface area contributed by atoms with Crippen LogP contribution < -0.4 is 5.32 Å². The van der Waals surface area contributed by atoms with Crippen molar-refractivity contribution in [2.45, 2.75) is 19.3 Å². The molecule has 2 heteroatoms. The predicted octanol–water partition coefficient (Wildman–Crippen LogP) is 1.61. The highest BCUT2D eigenvalue weighted by Crippen LogP contribution is 2.13. The largest absolute Gasteiger partial charge is 0.316 e. The van der Waals surface area contributed by atoms with Gasteiger partial charge >= 0.3 is 0 Å². The molecule has 0 amide bonds. The molecule has 1 atom stereocenters. The van der Waals surface area contributed by atoms with Gasteiger partial charge in [-0.1, -0.05) is 0 Å². The maximum Gasteiger partial charge on any atom is 0.0223 e. The van der Waals surface area contributed by atoms with E-state index < -0.39 is 0 Å². The summed E-state index contributed by atoms with van der Waals surface area (Å²) in [7, 11) is 0. The van der Waals surface area contributed by atoms with E-state index in [-0.39, 0.29) is 0 Å². The molecule has 1 fully saturated rings. The molecule has 0 spiro atoms. The lowest BCUT2D eigenvalue weighted by atomic mass is 10.0. The summed E-state index contributed by atoms with van der Waals surface area (Å²) >= 11 is 5.56. The molecule has 1 aliphatic rings. The Hall–Kier alpha value is 0.250. The summed E-state index contributed by atoms with van der Waals surface area (Å²) < 4.78 is 0. The highest BCUT2D eigenvalue weighted by atomic mass is 35.5. The van der Waals surface area contributed by atoms with Gasteiger partial charge in [-0.05, 0) is 38.3 Å². The molecular weight excluding hydrogens is 134 g/mol. The van der Waals surface area contributed by atoms with Crippen LogP contribution in [0.1, 0.15) is 19.3 Å². The van der Waals surface area contributed by atoms with Crippen LogP contribution in [0.5, 0.6) is 0 Å². The number of nitrogens with one attached hydrogen (secondary N) is 1. The van der Waals surface area contributed by atoms with Crippen LogP contribution in [0.15, 0.2) is 0 Å². The molecule has 1 nitrogen and oxygen atoms in total. The molecule has 0 radical (unpaired) electrons. The van der Waals surface area contributed by atoms with Crippen LogP contribution in [0.25, 0.3) is 0 Å². The summed E-state index contributed by atoms with van der Waals surface area (Å²) in [6.45, 7) is 2.43. The van der Waals surface area contributed by atoms with Gasteiger partial charge in [0.2, 0.25) is 0 Å². The summed E-state index contributed by atoms with van der Waals surface area (Å²) in [6, 6.07) is 0. The average molecular weight is 148 g/mol. The van der Waals surface area contributed by atoms with Crippen LogP contribution in [0.4, 0.5) is 0 Å². The molecule has 9 heavy (non-hydrogen) atoms. The second-order valence-corrected chi connectivity index (χ2v) is 3.07. The molecule has 0 aliphatic carbocycles. The first kappa shape index (κ1) is 7.36. The van der Waals surface area contributed by atoms with E-state index in [0.29, 0.717) is 0 Å². The first-order chi connectivity index (χ1) is 4.43. The fraction of sp³-hybridized carbons (Fsp3) is 1.00. The van der Waals surface area contributed by atoms with Gasteiger partial charge in [0.1, 0.15) is 0 Å². The molecule has 1 rings (SSSR count). The zero-order valence-corrected chi connectivity index (χ0v) is 6.45. The molecule has 1 saturated heterocycles. The van der Waals surface area contributed by atoms with Gasteiger partial charge in [0.15, 0.2) is 0 Å². The lowest BCUT2D eigenvalue weighted by Crippen LogP contribution is -2.08. The second-order valence-electron chi connectivity index (χ2n) is 2.69. The van der Waals surface area contributed by atoms with Gasteiger partial charge in [-0.25, -0.2) is 0 Å². The van der Waals surface area contributed by atoms with Gasteiger partial charge in [0.05, 0.1) is 0 Å². The van der Waals surface area contributed by atoms with Crippen LogP contribution in [-0.4, -0.2) is 19.0 Å². The first-order valence-corrected chi connectivity index (χ1v) is 4.23. The average Bonchev–Trinajstić information content (AvgIpc) is 2.34. The normalized spacial score (nSPS) is 27.0. The Morgan fingerprint density at radius 3 is 3.00 bits per heavy atom. The Balaban J connectivity index is 1.98. The van der Waals surface area contributed by atoms with E-state index in [0.717, 1.165) is 11.8 Å². The smallest absolute Gasteiger partial charge is 0.0223 e. The van der Waals surface area contributed by atoms with Gasteiger partial charge in [-0.15, -0.1) is 11.6 Å². The third kappa shape index (κ3) is 2.55. The highest BCUT2D eigenvalue weighted by Gasteiger charge is 2.12. The van der Waals surface area contributed by atoms with Gasteiger partial charge in [0.25, 0.3) is 0 Å². The second kappa shape index (κ2) is 4.13. The van der Waals surface area contributed by atoms with Crippen LogP contribution in [-0.2, 0) is 0 Å². The van der Waals surface area contributed by atoms with Crippen LogP contribution >= 0.6 is 11.6 Å². The van der Waals surface area contributed by atoms with Crippen molar-refractivity contribution in [1.82, 2.24) is 5.32 Å². The van der Waals surface area contributed by atoms with Gasteiger partial charge < -0.3 is 5.32 Å². The highest BCUT2D eigenvalue weighted by molar-refractivity contribution is 6.17. The molecule has 0 aromatic carbocycles. The molecule has 0 bridgehead atoms. The van der Waals surface area contributed by atoms with Crippen LogP contribution in [0.2, 0.25) is 0 Å². The van der Waals surface area contributed by atoms with Crippen molar-refractivity contribution in [3.05, 3.63) is 0 Å². The van der Waals surface area contributed by atoms with E-state index in [9.17, 15) is 0 Å². The quantitative estimate of drug-likeness (QED) is 0.599. The van der Waals surface area contributed by atoms with E-state index >= 15 is 0 Å². The topological polar surface area (TPSA) is 12.0 Å². The summed E-state index contributed by atoms with van der Waals surface area (Å²) in [6.07, 6.45) is 3.86. The van der Waals surface area contributed by atoms with Crippen molar-refractivity contribution in [3.8, 4) is 0 Å². The molecule has 1 N–H and O–H groups in total. The van der Waals surface area contributed by atoms with Crippen molar-refractivity contribution >= 4 is 11.6 Å². The van der Waals surface area contributed by atoms with Crippen LogP contribution in [0.3, 0.4) is 0 Å². The van der Waals surface area contributed by atoms with Crippen molar-refractivity contribution in [1.29, 1.82) is 0 Å². The molecule has 54 valence electrons. The summed E-state index contributed by atoms with van der Waals surface area (Å²) in [5.74, 6) is 1.75. The molecular formula is C7H14ClN. The third-order valence-corrected chi connectivity index (χ3v) is 2.18. The number of halogens is 1. The molecule has 0 aromatic heterocycles. The van der Waals surface area contributed by atoms with E-state index in [4.69, 9.17) is 11.6 Å². The minimum atomic E-state index is 0.830. The van der Waals surface area contributed by atoms with Crippen LogP contribution in [0, 0.1) is 5.92 Å². The minimum Gasteiger partial charge on any atom is -0.316 e. The summed E-state index contributed by atoms with van der Waals surface area (Å²) in [5, 5.41) is 3.34. The van der Waals surface area contributed by atoms with E-state index in [1.54, 1.807) is 0 Å². The fourth-order valence-corrected chi connectivity index (χ4v) is 1.48. The Labute approximate surface area is 61.8 Å². The van der Waals surface area contributed by atoms with Gasteiger partial charge in [-0.2, -0.15) is 0 Å².